The Balaban J connectivity index is 1.67. The molecule has 112 valence electrons. The van der Waals surface area contributed by atoms with Crippen molar-refractivity contribution in [3.63, 3.8) is 0 Å². The van der Waals surface area contributed by atoms with Gasteiger partial charge in [-0.2, -0.15) is 0 Å². The molecule has 2 aliphatic rings. The molecular formula is C16H20N2O2S. The zero-order valence-electron chi connectivity index (χ0n) is 12.1. The number of nitrogens with one attached hydrogen (secondary N) is 1. The predicted molar refractivity (Wildman–Crippen MR) is 84.1 cm³/mol. The highest BCUT2D eigenvalue weighted by molar-refractivity contribution is 7.99. The Morgan fingerprint density at radius 2 is 2.00 bits per heavy atom. The monoisotopic (exact) mass is 304 g/mol. The van der Waals surface area contributed by atoms with Crippen LogP contribution in [0.3, 0.4) is 0 Å². The molecular weight excluding hydrogens is 284 g/mol. The van der Waals surface area contributed by atoms with Gasteiger partial charge >= 0.3 is 0 Å². The number of amides is 2. The van der Waals surface area contributed by atoms with Crippen LogP contribution in [-0.2, 0) is 4.79 Å². The first-order valence-corrected chi connectivity index (χ1v) is 8.56. The summed E-state index contributed by atoms with van der Waals surface area (Å²) < 4.78 is 0. The van der Waals surface area contributed by atoms with Gasteiger partial charge in [0.05, 0.1) is 5.88 Å². The number of nitrogens with zero attached hydrogens (tertiary/aromatic N) is 1. The van der Waals surface area contributed by atoms with E-state index in [0.717, 1.165) is 0 Å². The number of thioether (sulfide) groups is 1. The average Bonchev–Trinajstić information content (AvgIpc) is 3.24. The molecule has 2 amide bonds. The van der Waals surface area contributed by atoms with Crippen molar-refractivity contribution < 1.29 is 9.59 Å². The molecule has 1 N–H and O–H groups in total. The normalized spacial score (nSPS) is 22.9. The minimum Gasteiger partial charge on any atom is -0.352 e. The maximum atomic E-state index is 12.5. The number of carbonyl (C=O) groups excluding carboxylic acids is 2. The van der Waals surface area contributed by atoms with Crippen LogP contribution in [0, 0.1) is 5.92 Å². The lowest BCUT2D eigenvalue weighted by Gasteiger charge is -2.24. The summed E-state index contributed by atoms with van der Waals surface area (Å²) in [4.78, 5) is 26.6. The molecule has 5 heteroatoms. The molecule has 1 aromatic rings. The Hall–Kier alpha value is -1.49. The SMILES string of the molecule is C[C@H](NC(=O)[C@@H]1CSCN1C(=O)c1ccccc1)C1CC1. The Bertz CT molecular complexity index is 530. The van der Waals surface area contributed by atoms with E-state index < -0.39 is 0 Å². The van der Waals surface area contributed by atoms with E-state index in [2.05, 4.69) is 12.2 Å². The van der Waals surface area contributed by atoms with Gasteiger partial charge in [0.15, 0.2) is 0 Å². The lowest BCUT2D eigenvalue weighted by molar-refractivity contribution is -0.125. The molecule has 1 heterocycles. The van der Waals surface area contributed by atoms with Gasteiger partial charge in [0, 0.05) is 17.4 Å². The lowest BCUT2D eigenvalue weighted by Crippen LogP contribution is -2.49. The van der Waals surface area contributed by atoms with Crippen LogP contribution in [0.4, 0.5) is 0 Å². The molecule has 1 aliphatic carbocycles. The standard InChI is InChI=1S/C16H20N2O2S/c1-11(12-7-8-12)17-15(19)14-9-21-10-18(14)16(20)13-5-3-2-4-6-13/h2-6,11-12,14H,7-10H2,1H3,(H,17,19)/t11-,14-/m0/s1. The summed E-state index contributed by atoms with van der Waals surface area (Å²) in [5, 5.41) is 3.07. The fourth-order valence-corrected chi connectivity index (χ4v) is 3.80. The van der Waals surface area contributed by atoms with Crippen LogP contribution < -0.4 is 5.32 Å². The number of rotatable bonds is 4. The molecule has 0 aromatic heterocycles. The smallest absolute Gasteiger partial charge is 0.255 e. The lowest BCUT2D eigenvalue weighted by atomic mass is 10.1. The van der Waals surface area contributed by atoms with Gasteiger partial charge in [-0.05, 0) is 37.8 Å². The minimum absolute atomic E-state index is 0.0105. The highest BCUT2D eigenvalue weighted by atomic mass is 32.2. The number of benzene rings is 1. The zero-order valence-corrected chi connectivity index (χ0v) is 12.9. The summed E-state index contributed by atoms with van der Waals surface area (Å²) in [6.07, 6.45) is 2.40. The molecule has 0 radical (unpaired) electrons. The van der Waals surface area contributed by atoms with E-state index in [4.69, 9.17) is 0 Å². The van der Waals surface area contributed by atoms with Gasteiger partial charge < -0.3 is 10.2 Å². The van der Waals surface area contributed by atoms with Crippen molar-refractivity contribution in [2.75, 3.05) is 11.6 Å². The first kappa shape index (κ1) is 14.4. The molecule has 4 nitrogen and oxygen atoms in total. The van der Waals surface area contributed by atoms with Gasteiger partial charge in [0.2, 0.25) is 5.91 Å². The van der Waals surface area contributed by atoms with E-state index in [1.54, 1.807) is 28.8 Å². The third-order valence-corrected chi connectivity index (χ3v) is 5.18. The highest BCUT2D eigenvalue weighted by Crippen LogP contribution is 2.32. The van der Waals surface area contributed by atoms with Crippen LogP contribution >= 0.6 is 11.8 Å². The Morgan fingerprint density at radius 3 is 2.67 bits per heavy atom. The Kier molecular flexibility index (Phi) is 4.19. The molecule has 1 aliphatic heterocycles. The van der Waals surface area contributed by atoms with Crippen LogP contribution in [0.15, 0.2) is 30.3 Å². The molecule has 0 bridgehead atoms. The first-order valence-electron chi connectivity index (χ1n) is 7.41. The van der Waals surface area contributed by atoms with Crippen molar-refractivity contribution in [1.29, 1.82) is 0 Å². The maximum absolute atomic E-state index is 12.5. The van der Waals surface area contributed by atoms with Crippen LogP contribution in [0.5, 0.6) is 0 Å². The van der Waals surface area contributed by atoms with Crippen molar-refractivity contribution in [2.45, 2.75) is 31.8 Å². The molecule has 0 spiro atoms. The molecule has 0 unspecified atom stereocenters. The summed E-state index contributed by atoms with van der Waals surface area (Å²) in [5.41, 5.74) is 0.646. The Morgan fingerprint density at radius 1 is 1.29 bits per heavy atom. The highest BCUT2D eigenvalue weighted by Gasteiger charge is 2.37. The third kappa shape index (κ3) is 3.23. The summed E-state index contributed by atoms with van der Waals surface area (Å²) in [6.45, 7) is 2.06. The van der Waals surface area contributed by atoms with E-state index in [1.165, 1.54) is 12.8 Å². The van der Waals surface area contributed by atoms with Crippen molar-refractivity contribution in [2.24, 2.45) is 5.92 Å². The number of hydrogen-bond donors (Lipinski definition) is 1. The fourth-order valence-electron chi connectivity index (χ4n) is 2.64. The Labute approximate surface area is 129 Å². The second-order valence-corrected chi connectivity index (χ2v) is 6.79. The van der Waals surface area contributed by atoms with Crippen molar-refractivity contribution in [3.8, 4) is 0 Å². The van der Waals surface area contributed by atoms with Crippen LogP contribution in [0.25, 0.3) is 0 Å². The maximum Gasteiger partial charge on any atom is 0.255 e. The van der Waals surface area contributed by atoms with Gasteiger partial charge in [-0.1, -0.05) is 18.2 Å². The summed E-state index contributed by atoms with van der Waals surface area (Å²) in [6, 6.07) is 9.05. The second-order valence-electron chi connectivity index (χ2n) is 5.79. The van der Waals surface area contributed by atoms with E-state index in [-0.39, 0.29) is 23.9 Å². The molecule has 21 heavy (non-hydrogen) atoms. The van der Waals surface area contributed by atoms with Crippen molar-refractivity contribution in [3.05, 3.63) is 35.9 Å². The van der Waals surface area contributed by atoms with Gasteiger partial charge in [-0.15, -0.1) is 11.8 Å². The van der Waals surface area contributed by atoms with Crippen molar-refractivity contribution in [1.82, 2.24) is 10.2 Å². The zero-order chi connectivity index (χ0) is 14.8. The van der Waals surface area contributed by atoms with Crippen molar-refractivity contribution >= 4 is 23.6 Å². The van der Waals surface area contributed by atoms with Gasteiger partial charge in [0.25, 0.3) is 5.91 Å². The van der Waals surface area contributed by atoms with Crippen LogP contribution in [0.1, 0.15) is 30.1 Å². The summed E-state index contributed by atoms with van der Waals surface area (Å²) in [5.74, 6) is 1.83. The molecule has 3 rings (SSSR count). The van der Waals surface area contributed by atoms with Gasteiger partial charge in [0.1, 0.15) is 6.04 Å². The van der Waals surface area contributed by atoms with Crippen LogP contribution in [0.2, 0.25) is 0 Å². The topological polar surface area (TPSA) is 49.4 Å². The largest absolute Gasteiger partial charge is 0.352 e. The van der Waals surface area contributed by atoms with E-state index in [9.17, 15) is 9.59 Å². The average molecular weight is 304 g/mol. The first-order chi connectivity index (χ1) is 10.2. The molecule has 1 saturated heterocycles. The van der Waals surface area contributed by atoms with E-state index >= 15 is 0 Å². The third-order valence-electron chi connectivity index (χ3n) is 4.17. The van der Waals surface area contributed by atoms with E-state index in [0.29, 0.717) is 23.1 Å². The second kappa shape index (κ2) is 6.10. The molecule has 2 atom stereocenters. The van der Waals surface area contributed by atoms with Gasteiger partial charge in [-0.3, -0.25) is 9.59 Å². The predicted octanol–water partition coefficient (Wildman–Crippen LogP) is 2.12. The minimum atomic E-state index is -0.344. The fraction of sp³-hybridized carbons (Fsp3) is 0.500. The number of carbonyl (C=O) groups is 2. The molecule has 1 aromatic carbocycles. The molecule has 2 fully saturated rings. The summed E-state index contributed by atoms with van der Waals surface area (Å²) >= 11 is 1.64. The van der Waals surface area contributed by atoms with Gasteiger partial charge in [-0.25, -0.2) is 0 Å². The van der Waals surface area contributed by atoms with E-state index in [1.807, 2.05) is 18.2 Å². The van der Waals surface area contributed by atoms with Crippen LogP contribution in [-0.4, -0.2) is 40.4 Å². The summed E-state index contributed by atoms with van der Waals surface area (Å²) in [7, 11) is 0. The molecule has 1 saturated carbocycles. The quantitative estimate of drug-likeness (QED) is 0.927. The number of hydrogen-bond acceptors (Lipinski definition) is 3.